The van der Waals surface area contributed by atoms with E-state index >= 15 is 0 Å². The average molecular weight is 435 g/mol. The second-order valence-electron chi connectivity index (χ2n) is 8.07. The maximum Gasteiger partial charge on any atom is 0.411 e. The number of hydrogen-bond donors (Lipinski definition) is 1. The Kier molecular flexibility index (Phi) is 6.12. The number of likely N-dealkylation sites (tertiary alicyclic amines) is 1. The molecule has 1 saturated heterocycles. The van der Waals surface area contributed by atoms with Crippen molar-refractivity contribution in [1.29, 1.82) is 0 Å². The van der Waals surface area contributed by atoms with E-state index in [0.717, 1.165) is 10.3 Å². The van der Waals surface area contributed by atoms with E-state index in [1.807, 2.05) is 12.1 Å². The molecular weight excluding hydrogens is 412 g/mol. The quantitative estimate of drug-likeness (QED) is 0.343. The number of hydrogen-bond acceptors (Lipinski definition) is 6. The Labute approximate surface area is 178 Å². The summed E-state index contributed by atoms with van der Waals surface area (Å²) in [5, 5.41) is 15.2. The lowest BCUT2D eigenvalue weighted by Crippen LogP contribution is -2.62. The Bertz CT molecular complexity index is 972. The van der Waals surface area contributed by atoms with Gasteiger partial charge in [0.1, 0.15) is 11.6 Å². The zero-order chi connectivity index (χ0) is 22.1. The number of halogens is 1. The molecule has 0 aliphatic carbocycles. The third kappa shape index (κ3) is 4.62. The van der Waals surface area contributed by atoms with Crippen LogP contribution in [0, 0.1) is 10.1 Å². The first-order valence-electron chi connectivity index (χ1n) is 9.50. The van der Waals surface area contributed by atoms with Crippen LogP contribution < -0.4 is 5.32 Å². The molecule has 9 nitrogen and oxygen atoms in total. The molecule has 0 radical (unpaired) electrons. The van der Waals surface area contributed by atoms with Crippen molar-refractivity contribution >= 4 is 34.5 Å². The van der Waals surface area contributed by atoms with Crippen LogP contribution in [0.1, 0.15) is 37.6 Å². The predicted octanol–water partition coefficient (Wildman–Crippen LogP) is 3.18. The molecule has 1 aromatic heterocycles. The van der Waals surface area contributed by atoms with Gasteiger partial charge >= 0.3 is 6.09 Å². The van der Waals surface area contributed by atoms with Crippen molar-refractivity contribution in [3.63, 3.8) is 0 Å². The fourth-order valence-corrected chi connectivity index (χ4v) is 3.84. The minimum absolute atomic E-state index is 0.117. The molecule has 3 rings (SSSR count). The van der Waals surface area contributed by atoms with E-state index in [1.165, 1.54) is 0 Å². The van der Waals surface area contributed by atoms with Gasteiger partial charge in [0.25, 0.3) is 11.9 Å². The second-order valence-corrected chi connectivity index (χ2v) is 8.52. The Morgan fingerprint density at radius 2 is 2.00 bits per heavy atom. The van der Waals surface area contributed by atoms with Crippen LogP contribution >= 0.6 is 11.6 Å². The van der Waals surface area contributed by atoms with Crippen LogP contribution in [0.2, 0.25) is 0 Å². The van der Waals surface area contributed by atoms with Crippen molar-refractivity contribution in [2.75, 3.05) is 6.54 Å². The third-order valence-corrected chi connectivity index (χ3v) is 5.23. The number of benzene rings is 1. The summed E-state index contributed by atoms with van der Waals surface area (Å²) < 4.78 is 5.29. The van der Waals surface area contributed by atoms with Crippen molar-refractivity contribution in [1.82, 2.24) is 15.2 Å². The summed E-state index contributed by atoms with van der Waals surface area (Å²) in [7, 11) is 0. The average Bonchev–Trinajstić information content (AvgIpc) is 2.65. The Hall–Kier alpha value is -2.94. The first kappa shape index (κ1) is 21.8. The second kappa shape index (κ2) is 8.43. The van der Waals surface area contributed by atoms with Gasteiger partial charge in [0.05, 0.1) is 11.1 Å². The molecule has 3 unspecified atom stereocenters. The molecule has 1 fully saturated rings. The van der Waals surface area contributed by atoms with E-state index in [-0.39, 0.29) is 13.0 Å². The van der Waals surface area contributed by atoms with Crippen molar-refractivity contribution < 1.29 is 19.2 Å². The Morgan fingerprint density at radius 1 is 1.30 bits per heavy atom. The molecule has 2 amide bonds. The number of nitrogens with zero attached hydrogens (tertiary/aromatic N) is 3. The minimum Gasteiger partial charge on any atom is -0.444 e. The van der Waals surface area contributed by atoms with Crippen LogP contribution in [0.15, 0.2) is 36.5 Å². The summed E-state index contributed by atoms with van der Waals surface area (Å²) >= 11 is 6.31. The lowest BCUT2D eigenvalue weighted by molar-refractivity contribution is -0.532. The van der Waals surface area contributed by atoms with Crippen LogP contribution in [0.5, 0.6) is 0 Å². The number of rotatable bonds is 3. The Morgan fingerprint density at radius 3 is 2.67 bits per heavy atom. The maximum atomic E-state index is 12.9. The van der Waals surface area contributed by atoms with Gasteiger partial charge in [0, 0.05) is 23.1 Å². The van der Waals surface area contributed by atoms with E-state index in [4.69, 9.17) is 16.3 Å². The summed E-state index contributed by atoms with van der Waals surface area (Å²) in [6, 6.07) is 6.50. The smallest absolute Gasteiger partial charge is 0.411 e. The molecule has 160 valence electrons. The van der Waals surface area contributed by atoms with Gasteiger partial charge in [-0.1, -0.05) is 29.8 Å². The first-order valence-corrected chi connectivity index (χ1v) is 9.94. The van der Waals surface area contributed by atoms with Gasteiger partial charge in [0.2, 0.25) is 0 Å². The molecule has 1 aliphatic heterocycles. The summed E-state index contributed by atoms with van der Waals surface area (Å²) in [6.07, 6.45) is 1.02. The first-order chi connectivity index (χ1) is 14.1. The lowest BCUT2D eigenvalue weighted by atomic mass is 9.98. The molecule has 1 aromatic carbocycles. The lowest BCUT2D eigenvalue weighted by Gasteiger charge is -2.38. The summed E-state index contributed by atoms with van der Waals surface area (Å²) in [6.45, 7) is 5.21. The molecule has 0 bridgehead atoms. The molecule has 1 aliphatic rings. The zero-order valence-electron chi connectivity index (χ0n) is 16.9. The van der Waals surface area contributed by atoms with Gasteiger partial charge in [-0.25, -0.2) is 4.79 Å². The van der Waals surface area contributed by atoms with E-state index in [2.05, 4.69) is 10.3 Å². The van der Waals surface area contributed by atoms with Crippen molar-refractivity contribution in [2.45, 2.75) is 50.4 Å². The summed E-state index contributed by atoms with van der Waals surface area (Å²) in [5.74, 6) is -0.481. The SMILES string of the molecule is CC(C)(C)OC(=O)N1CCC(NC(=O)c2cccc3cccnc23)C([N+](=O)[O-])C1Cl. The van der Waals surface area contributed by atoms with Gasteiger partial charge in [-0.15, -0.1) is 0 Å². The van der Waals surface area contributed by atoms with Gasteiger partial charge in [-0.2, -0.15) is 0 Å². The molecule has 10 heteroatoms. The van der Waals surface area contributed by atoms with E-state index < -0.39 is 40.1 Å². The van der Waals surface area contributed by atoms with Crippen LogP contribution in [0.4, 0.5) is 4.79 Å². The molecular formula is C20H23ClN4O5. The van der Waals surface area contributed by atoms with E-state index in [9.17, 15) is 19.7 Å². The standard InChI is InChI=1S/C20H23ClN4O5/c1-20(2,3)30-19(27)24-11-9-14(16(17(24)21)25(28)29)23-18(26)13-8-4-6-12-7-5-10-22-15(12)13/h4-8,10,14,16-17H,9,11H2,1-3H3,(H,23,26). The number of piperidine rings is 1. The molecule has 0 spiro atoms. The van der Waals surface area contributed by atoms with Crippen LogP contribution in [0.25, 0.3) is 10.9 Å². The molecule has 0 saturated carbocycles. The number of amides is 2. The normalized spacial score (nSPS) is 21.9. The number of carbonyl (C=O) groups is 2. The fraction of sp³-hybridized carbons (Fsp3) is 0.450. The highest BCUT2D eigenvalue weighted by molar-refractivity contribution is 6.21. The van der Waals surface area contributed by atoms with Crippen molar-refractivity contribution in [3.8, 4) is 0 Å². The number of fused-ring (bicyclic) bond motifs is 1. The Balaban J connectivity index is 1.80. The van der Waals surface area contributed by atoms with Crippen molar-refractivity contribution in [3.05, 3.63) is 52.2 Å². The number of para-hydroxylation sites is 1. The topological polar surface area (TPSA) is 115 Å². The minimum atomic E-state index is -1.39. The van der Waals surface area contributed by atoms with E-state index in [0.29, 0.717) is 11.1 Å². The van der Waals surface area contributed by atoms with Crippen LogP contribution in [-0.4, -0.2) is 56.5 Å². The van der Waals surface area contributed by atoms with Gasteiger partial charge < -0.3 is 10.1 Å². The molecule has 30 heavy (non-hydrogen) atoms. The molecule has 2 aromatic rings. The fourth-order valence-electron chi connectivity index (χ4n) is 3.40. The van der Waals surface area contributed by atoms with Crippen LogP contribution in [-0.2, 0) is 4.74 Å². The monoisotopic (exact) mass is 434 g/mol. The highest BCUT2D eigenvalue weighted by atomic mass is 35.5. The zero-order valence-corrected chi connectivity index (χ0v) is 17.6. The van der Waals surface area contributed by atoms with E-state index in [1.54, 1.807) is 45.2 Å². The van der Waals surface area contributed by atoms with Gasteiger partial charge in [-0.05, 0) is 39.3 Å². The van der Waals surface area contributed by atoms with Crippen molar-refractivity contribution in [2.24, 2.45) is 0 Å². The molecule has 2 heterocycles. The summed E-state index contributed by atoms with van der Waals surface area (Å²) in [4.78, 5) is 41.8. The third-order valence-electron chi connectivity index (χ3n) is 4.74. The largest absolute Gasteiger partial charge is 0.444 e. The number of carbonyl (C=O) groups excluding carboxylic acids is 2. The number of alkyl halides is 1. The predicted molar refractivity (Wildman–Crippen MR) is 111 cm³/mol. The highest BCUT2D eigenvalue weighted by Crippen LogP contribution is 2.26. The van der Waals surface area contributed by atoms with Crippen LogP contribution in [0.3, 0.4) is 0 Å². The highest BCUT2D eigenvalue weighted by Gasteiger charge is 2.48. The number of ether oxygens (including phenoxy) is 1. The molecule has 3 atom stereocenters. The maximum absolute atomic E-state index is 12.9. The number of pyridine rings is 1. The summed E-state index contributed by atoms with van der Waals surface area (Å²) in [5.41, 5.74) is -1.20. The number of aromatic nitrogens is 1. The number of nitrogens with one attached hydrogen (secondary N) is 1. The van der Waals surface area contributed by atoms with Gasteiger partial charge in [0.15, 0.2) is 5.50 Å². The number of nitro groups is 1. The van der Waals surface area contributed by atoms with Gasteiger partial charge in [-0.3, -0.25) is 24.8 Å². The molecule has 1 N–H and O–H groups in total.